The Morgan fingerprint density at radius 1 is 1.03 bits per heavy atom. The summed E-state index contributed by atoms with van der Waals surface area (Å²) < 4.78 is 5.22. The molecule has 0 radical (unpaired) electrons. The lowest BCUT2D eigenvalue weighted by Crippen LogP contribution is -2.34. The maximum absolute atomic E-state index is 12.7. The Bertz CT molecular complexity index is 985. The summed E-state index contributed by atoms with van der Waals surface area (Å²) in [6, 6.07) is 18.3. The predicted octanol–water partition coefficient (Wildman–Crippen LogP) is 4.04. The van der Waals surface area contributed by atoms with Crippen LogP contribution in [0.1, 0.15) is 31.6 Å². The SMILES string of the molecule is COc1ccc([C@@H](CNC(=O)c2cccc(NC(=O)c3cccs3)c2)N(C)C)cc1. The number of likely N-dealkylation sites (N-methyl/N-ethyl adjacent to an activating group) is 1. The fraction of sp³-hybridized carbons (Fsp3) is 0.217. The minimum Gasteiger partial charge on any atom is -0.497 e. The van der Waals surface area contributed by atoms with Gasteiger partial charge in [0.2, 0.25) is 0 Å². The van der Waals surface area contributed by atoms with Crippen LogP contribution in [0.25, 0.3) is 0 Å². The van der Waals surface area contributed by atoms with Crippen molar-refractivity contribution in [2.24, 2.45) is 0 Å². The van der Waals surface area contributed by atoms with Gasteiger partial charge in [0.05, 0.1) is 18.0 Å². The Morgan fingerprint density at radius 2 is 1.80 bits per heavy atom. The van der Waals surface area contributed by atoms with Crippen molar-refractivity contribution in [3.63, 3.8) is 0 Å². The lowest BCUT2D eigenvalue weighted by atomic mass is 10.1. The quantitative estimate of drug-likeness (QED) is 0.574. The molecule has 0 aliphatic carbocycles. The van der Waals surface area contributed by atoms with E-state index in [0.717, 1.165) is 11.3 Å². The zero-order valence-corrected chi connectivity index (χ0v) is 18.0. The van der Waals surface area contributed by atoms with Crippen molar-refractivity contribution in [2.45, 2.75) is 6.04 Å². The number of amides is 2. The molecule has 1 heterocycles. The molecule has 2 aromatic carbocycles. The number of anilines is 1. The van der Waals surface area contributed by atoms with Crippen LogP contribution in [0, 0.1) is 0 Å². The van der Waals surface area contributed by atoms with Crippen LogP contribution in [0.3, 0.4) is 0 Å². The van der Waals surface area contributed by atoms with Gasteiger partial charge in [0, 0.05) is 17.8 Å². The molecule has 6 nitrogen and oxygen atoms in total. The number of benzene rings is 2. The molecule has 7 heteroatoms. The van der Waals surface area contributed by atoms with Crippen molar-refractivity contribution in [3.05, 3.63) is 82.0 Å². The van der Waals surface area contributed by atoms with Gasteiger partial charge in [-0.05, 0) is 61.4 Å². The van der Waals surface area contributed by atoms with Crippen LogP contribution in [-0.4, -0.2) is 44.5 Å². The number of ether oxygens (including phenoxy) is 1. The maximum Gasteiger partial charge on any atom is 0.265 e. The molecule has 0 aliphatic rings. The van der Waals surface area contributed by atoms with Crippen molar-refractivity contribution >= 4 is 28.8 Å². The molecule has 156 valence electrons. The van der Waals surface area contributed by atoms with Crippen molar-refractivity contribution in [2.75, 3.05) is 33.1 Å². The van der Waals surface area contributed by atoms with Gasteiger partial charge in [-0.1, -0.05) is 24.3 Å². The van der Waals surface area contributed by atoms with Gasteiger partial charge in [0.25, 0.3) is 11.8 Å². The van der Waals surface area contributed by atoms with E-state index in [2.05, 4.69) is 15.5 Å². The van der Waals surface area contributed by atoms with E-state index in [-0.39, 0.29) is 17.9 Å². The summed E-state index contributed by atoms with van der Waals surface area (Å²) in [5.74, 6) is 0.416. The third-order valence-electron chi connectivity index (χ3n) is 4.71. The van der Waals surface area contributed by atoms with E-state index in [1.165, 1.54) is 11.3 Å². The molecule has 3 rings (SSSR count). The fourth-order valence-corrected chi connectivity index (χ4v) is 3.67. The maximum atomic E-state index is 12.7. The first-order valence-electron chi connectivity index (χ1n) is 9.51. The summed E-state index contributed by atoms with van der Waals surface area (Å²) in [7, 11) is 5.58. The molecular formula is C23H25N3O3S. The number of carbonyl (C=O) groups excluding carboxylic acids is 2. The van der Waals surface area contributed by atoms with Crippen molar-refractivity contribution < 1.29 is 14.3 Å². The van der Waals surface area contributed by atoms with Crippen LogP contribution >= 0.6 is 11.3 Å². The van der Waals surface area contributed by atoms with Gasteiger partial charge in [0.15, 0.2) is 0 Å². The molecule has 0 fully saturated rings. The number of carbonyl (C=O) groups is 2. The third-order valence-corrected chi connectivity index (χ3v) is 5.58. The number of rotatable bonds is 8. The average Bonchev–Trinajstić information content (AvgIpc) is 3.29. The number of nitrogens with zero attached hydrogens (tertiary/aromatic N) is 1. The molecule has 0 spiro atoms. The molecular weight excluding hydrogens is 398 g/mol. The number of nitrogens with one attached hydrogen (secondary N) is 2. The molecule has 2 N–H and O–H groups in total. The number of methoxy groups -OCH3 is 1. The van der Waals surface area contributed by atoms with Gasteiger partial charge in [-0.15, -0.1) is 11.3 Å². The largest absolute Gasteiger partial charge is 0.497 e. The highest BCUT2D eigenvalue weighted by Gasteiger charge is 2.16. The van der Waals surface area contributed by atoms with Gasteiger partial charge >= 0.3 is 0 Å². The number of hydrogen-bond donors (Lipinski definition) is 2. The van der Waals surface area contributed by atoms with Crippen molar-refractivity contribution in [1.82, 2.24) is 10.2 Å². The monoisotopic (exact) mass is 423 g/mol. The Hall–Kier alpha value is -3.16. The summed E-state index contributed by atoms with van der Waals surface area (Å²) >= 11 is 1.37. The van der Waals surface area contributed by atoms with E-state index in [0.29, 0.717) is 22.7 Å². The lowest BCUT2D eigenvalue weighted by Gasteiger charge is -2.25. The fourth-order valence-electron chi connectivity index (χ4n) is 3.05. The molecule has 1 atom stereocenters. The van der Waals surface area contributed by atoms with E-state index < -0.39 is 0 Å². The van der Waals surface area contributed by atoms with E-state index >= 15 is 0 Å². The van der Waals surface area contributed by atoms with Gasteiger partial charge in [-0.2, -0.15) is 0 Å². The van der Waals surface area contributed by atoms with Gasteiger partial charge in [-0.3, -0.25) is 9.59 Å². The molecule has 1 aromatic heterocycles. The van der Waals surface area contributed by atoms with Crippen LogP contribution < -0.4 is 15.4 Å². The van der Waals surface area contributed by atoms with E-state index in [1.807, 2.05) is 49.8 Å². The zero-order valence-electron chi connectivity index (χ0n) is 17.2. The van der Waals surface area contributed by atoms with Gasteiger partial charge in [0.1, 0.15) is 5.75 Å². The summed E-state index contributed by atoms with van der Waals surface area (Å²) in [6.07, 6.45) is 0. The number of thiophene rings is 1. The normalized spacial score (nSPS) is 11.7. The van der Waals surface area contributed by atoms with Crippen LogP contribution in [0.2, 0.25) is 0 Å². The highest BCUT2D eigenvalue weighted by molar-refractivity contribution is 7.12. The summed E-state index contributed by atoms with van der Waals surface area (Å²) in [5, 5.41) is 7.67. The molecule has 0 bridgehead atoms. The Morgan fingerprint density at radius 3 is 2.43 bits per heavy atom. The second kappa shape index (κ2) is 10.0. The second-order valence-corrected chi connectivity index (χ2v) is 7.92. The zero-order chi connectivity index (χ0) is 21.5. The summed E-state index contributed by atoms with van der Waals surface area (Å²) in [5.41, 5.74) is 2.16. The molecule has 3 aromatic rings. The van der Waals surface area contributed by atoms with E-state index in [9.17, 15) is 9.59 Å². The lowest BCUT2D eigenvalue weighted by molar-refractivity contribution is 0.0940. The van der Waals surface area contributed by atoms with Crippen LogP contribution in [0.4, 0.5) is 5.69 Å². The topological polar surface area (TPSA) is 70.7 Å². The highest BCUT2D eigenvalue weighted by Crippen LogP contribution is 2.21. The Balaban J connectivity index is 1.65. The summed E-state index contributed by atoms with van der Waals surface area (Å²) in [4.78, 5) is 27.6. The van der Waals surface area contributed by atoms with Crippen LogP contribution in [0.5, 0.6) is 5.75 Å². The Labute approximate surface area is 180 Å². The van der Waals surface area contributed by atoms with E-state index in [1.54, 1.807) is 37.4 Å². The second-order valence-electron chi connectivity index (χ2n) is 6.97. The third kappa shape index (κ3) is 5.46. The molecule has 2 amide bonds. The smallest absolute Gasteiger partial charge is 0.265 e. The van der Waals surface area contributed by atoms with Crippen LogP contribution in [-0.2, 0) is 0 Å². The first-order chi connectivity index (χ1) is 14.5. The standard InChI is InChI=1S/C23H25N3O3S/c1-26(2)20(16-9-11-19(29-3)12-10-16)15-24-22(27)17-6-4-7-18(14-17)25-23(28)21-8-5-13-30-21/h4-14,20H,15H2,1-3H3,(H,24,27)(H,25,28)/t20-/m1/s1. The molecule has 30 heavy (non-hydrogen) atoms. The predicted molar refractivity (Wildman–Crippen MR) is 120 cm³/mol. The van der Waals surface area contributed by atoms with Crippen molar-refractivity contribution in [3.8, 4) is 5.75 Å². The molecule has 0 saturated carbocycles. The van der Waals surface area contributed by atoms with Gasteiger partial charge in [-0.25, -0.2) is 0 Å². The summed E-state index contributed by atoms with van der Waals surface area (Å²) in [6.45, 7) is 0.448. The molecule has 0 unspecified atom stereocenters. The highest BCUT2D eigenvalue weighted by atomic mass is 32.1. The Kier molecular flexibility index (Phi) is 7.21. The minimum absolute atomic E-state index is 0.0153. The van der Waals surface area contributed by atoms with Gasteiger partial charge < -0.3 is 20.3 Å². The average molecular weight is 424 g/mol. The molecule has 0 aliphatic heterocycles. The van der Waals surface area contributed by atoms with E-state index in [4.69, 9.17) is 4.74 Å². The minimum atomic E-state index is -0.192. The van der Waals surface area contributed by atoms with Crippen LogP contribution in [0.15, 0.2) is 66.0 Å². The molecule has 0 saturated heterocycles. The first kappa shape index (κ1) is 21.5. The van der Waals surface area contributed by atoms with Crippen molar-refractivity contribution in [1.29, 1.82) is 0 Å². The number of hydrogen-bond acceptors (Lipinski definition) is 5. The first-order valence-corrected chi connectivity index (χ1v) is 10.4.